The Morgan fingerprint density at radius 2 is 2.27 bits per heavy atom. The molecule has 80 valence electrons. The first-order valence-corrected chi connectivity index (χ1v) is 7.08. The van der Waals surface area contributed by atoms with E-state index in [1.807, 2.05) is 0 Å². The van der Waals surface area contributed by atoms with E-state index in [1.54, 1.807) is 11.1 Å². The van der Waals surface area contributed by atoms with Crippen molar-refractivity contribution >= 4 is 11.8 Å². The average molecular weight is 218 g/mol. The molecule has 3 aliphatic rings. The molecule has 3 atom stereocenters. The van der Waals surface area contributed by atoms with Gasteiger partial charge in [0, 0.05) is 10.5 Å². The lowest BCUT2D eigenvalue weighted by molar-refractivity contribution is 0.449. The van der Waals surface area contributed by atoms with Crippen LogP contribution in [0.1, 0.15) is 32.6 Å². The fraction of sp³-hybridized carbons (Fsp3) is 0.571. The van der Waals surface area contributed by atoms with Crippen LogP contribution in [0.25, 0.3) is 0 Å². The Kier molecular flexibility index (Phi) is 2.51. The Hall–Kier alpha value is -0.430. The summed E-state index contributed by atoms with van der Waals surface area (Å²) in [5.41, 5.74) is 3.46. The Labute approximate surface area is 96.5 Å². The van der Waals surface area contributed by atoms with Gasteiger partial charge in [-0.1, -0.05) is 37.6 Å². The third-order valence-electron chi connectivity index (χ3n) is 3.92. The number of rotatable bonds is 1. The normalized spacial score (nSPS) is 38.1. The molecule has 0 aromatic carbocycles. The van der Waals surface area contributed by atoms with Gasteiger partial charge >= 0.3 is 0 Å². The zero-order valence-electron chi connectivity index (χ0n) is 9.28. The van der Waals surface area contributed by atoms with Gasteiger partial charge in [-0.25, -0.2) is 0 Å². The molecule has 0 N–H and O–H groups in total. The fourth-order valence-electron chi connectivity index (χ4n) is 3.19. The zero-order chi connectivity index (χ0) is 10.3. The molecule has 2 aliphatic carbocycles. The van der Waals surface area contributed by atoms with Crippen LogP contribution >= 0.6 is 11.8 Å². The molecule has 0 bridgehead atoms. The number of hydrogen-bond acceptors (Lipinski definition) is 1. The van der Waals surface area contributed by atoms with Crippen LogP contribution in [0.2, 0.25) is 0 Å². The van der Waals surface area contributed by atoms with Crippen molar-refractivity contribution in [3.05, 3.63) is 35.5 Å². The Morgan fingerprint density at radius 3 is 3.13 bits per heavy atom. The summed E-state index contributed by atoms with van der Waals surface area (Å²) in [6.45, 7) is 2.35. The SMILES string of the molecule is CCC1CCCC2SC3C=CC=CC3=C12. The van der Waals surface area contributed by atoms with Crippen molar-refractivity contribution in [2.45, 2.75) is 43.1 Å². The van der Waals surface area contributed by atoms with Crippen LogP contribution in [0.4, 0.5) is 0 Å². The molecule has 1 aliphatic heterocycles. The van der Waals surface area contributed by atoms with E-state index in [0.717, 1.165) is 11.2 Å². The lowest BCUT2D eigenvalue weighted by Crippen LogP contribution is -2.19. The Balaban J connectivity index is 2.00. The van der Waals surface area contributed by atoms with Gasteiger partial charge in [-0.3, -0.25) is 0 Å². The summed E-state index contributed by atoms with van der Waals surface area (Å²) in [6.07, 6.45) is 14.8. The number of thioether (sulfide) groups is 1. The first-order valence-electron chi connectivity index (χ1n) is 6.14. The summed E-state index contributed by atoms with van der Waals surface area (Å²) in [7, 11) is 0. The van der Waals surface area contributed by atoms with Crippen molar-refractivity contribution in [2.24, 2.45) is 5.92 Å². The van der Waals surface area contributed by atoms with Crippen LogP contribution < -0.4 is 0 Å². The molecule has 0 radical (unpaired) electrons. The van der Waals surface area contributed by atoms with Crippen LogP contribution in [0.15, 0.2) is 35.5 Å². The highest BCUT2D eigenvalue weighted by molar-refractivity contribution is 8.01. The van der Waals surface area contributed by atoms with Gasteiger partial charge in [0.1, 0.15) is 0 Å². The third-order valence-corrected chi connectivity index (χ3v) is 5.44. The first-order chi connectivity index (χ1) is 7.40. The van der Waals surface area contributed by atoms with Crippen molar-refractivity contribution < 1.29 is 0 Å². The van der Waals surface area contributed by atoms with Crippen molar-refractivity contribution in [1.82, 2.24) is 0 Å². The minimum Gasteiger partial charge on any atom is -0.142 e. The van der Waals surface area contributed by atoms with Gasteiger partial charge in [0.2, 0.25) is 0 Å². The van der Waals surface area contributed by atoms with Crippen molar-refractivity contribution in [3.8, 4) is 0 Å². The van der Waals surface area contributed by atoms with E-state index in [0.29, 0.717) is 5.25 Å². The second-order valence-electron chi connectivity index (χ2n) is 4.74. The molecule has 1 heterocycles. The van der Waals surface area contributed by atoms with E-state index in [1.165, 1.54) is 25.7 Å². The molecule has 0 nitrogen and oxygen atoms in total. The van der Waals surface area contributed by atoms with Gasteiger partial charge in [-0.05, 0) is 36.3 Å². The lowest BCUT2D eigenvalue weighted by atomic mass is 9.79. The Bertz CT molecular complexity index is 348. The minimum atomic E-state index is 0.683. The van der Waals surface area contributed by atoms with E-state index in [2.05, 4.69) is 43.0 Å². The predicted octanol–water partition coefficient (Wildman–Crippen LogP) is 4.10. The highest BCUT2D eigenvalue weighted by atomic mass is 32.2. The van der Waals surface area contributed by atoms with Gasteiger partial charge in [0.15, 0.2) is 0 Å². The van der Waals surface area contributed by atoms with Crippen molar-refractivity contribution in [1.29, 1.82) is 0 Å². The molecule has 3 unspecified atom stereocenters. The fourth-order valence-corrected chi connectivity index (χ4v) is 4.86. The molecule has 1 heteroatoms. The molecular weight excluding hydrogens is 200 g/mol. The molecule has 1 saturated carbocycles. The summed E-state index contributed by atoms with van der Waals surface area (Å²) in [4.78, 5) is 0. The van der Waals surface area contributed by atoms with E-state index < -0.39 is 0 Å². The summed E-state index contributed by atoms with van der Waals surface area (Å²) in [6, 6.07) is 0. The molecule has 0 saturated heterocycles. The summed E-state index contributed by atoms with van der Waals surface area (Å²) >= 11 is 2.19. The monoisotopic (exact) mass is 218 g/mol. The van der Waals surface area contributed by atoms with Gasteiger partial charge < -0.3 is 0 Å². The zero-order valence-corrected chi connectivity index (χ0v) is 10.1. The van der Waals surface area contributed by atoms with Gasteiger partial charge in [0.25, 0.3) is 0 Å². The van der Waals surface area contributed by atoms with Crippen LogP contribution in [-0.2, 0) is 0 Å². The number of fused-ring (bicyclic) bond motifs is 2. The third kappa shape index (κ3) is 1.52. The number of allylic oxidation sites excluding steroid dienone is 3. The van der Waals surface area contributed by atoms with Crippen LogP contribution in [0.5, 0.6) is 0 Å². The standard InChI is InChI=1S/C14H18S/c1-2-10-6-5-9-13-14(10)11-7-3-4-8-12(11)15-13/h3-4,7-8,10,12-13H,2,5-6,9H2,1H3. The average Bonchev–Trinajstić information content (AvgIpc) is 2.67. The molecule has 0 aromatic heterocycles. The molecule has 0 amide bonds. The van der Waals surface area contributed by atoms with Gasteiger partial charge in [0.05, 0.1) is 0 Å². The van der Waals surface area contributed by atoms with Crippen LogP contribution in [0, 0.1) is 5.92 Å². The van der Waals surface area contributed by atoms with E-state index in [4.69, 9.17) is 0 Å². The maximum absolute atomic E-state index is 2.37. The molecule has 0 aromatic rings. The topological polar surface area (TPSA) is 0 Å². The van der Waals surface area contributed by atoms with Gasteiger partial charge in [-0.15, -0.1) is 11.8 Å². The van der Waals surface area contributed by atoms with Crippen LogP contribution in [0.3, 0.4) is 0 Å². The van der Waals surface area contributed by atoms with Crippen molar-refractivity contribution in [2.75, 3.05) is 0 Å². The van der Waals surface area contributed by atoms with Crippen LogP contribution in [-0.4, -0.2) is 10.5 Å². The van der Waals surface area contributed by atoms with E-state index in [-0.39, 0.29) is 0 Å². The predicted molar refractivity (Wildman–Crippen MR) is 68.1 cm³/mol. The smallest absolute Gasteiger partial charge is 0.0486 e. The molecule has 3 rings (SSSR count). The lowest BCUT2D eigenvalue weighted by Gasteiger charge is -2.28. The highest BCUT2D eigenvalue weighted by Crippen LogP contribution is 2.50. The molecule has 1 fully saturated rings. The summed E-state index contributed by atoms with van der Waals surface area (Å²) < 4.78 is 0. The maximum Gasteiger partial charge on any atom is 0.0486 e. The molecular formula is C14H18S. The Morgan fingerprint density at radius 1 is 1.33 bits per heavy atom. The second kappa shape index (κ2) is 3.86. The molecule has 0 spiro atoms. The van der Waals surface area contributed by atoms with Crippen molar-refractivity contribution in [3.63, 3.8) is 0 Å². The quantitative estimate of drug-likeness (QED) is 0.638. The second-order valence-corrected chi connectivity index (χ2v) is 6.09. The maximum atomic E-state index is 2.37. The molecule has 15 heavy (non-hydrogen) atoms. The summed E-state index contributed by atoms with van der Waals surface area (Å²) in [5, 5.41) is 1.53. The van der Waals surface area contributed by atoms with E-state index in [9.17, 15) is 0 Å². The minimum absolute atomic E-state index is 0.683. The van der Waals surface area contributed by atoms with Gasteiger partial charge in [-0.2, -0.15) is 0 Å². The highest BCUT2D eigenvalue weighted by Gasteiger charge is 2.37. The first kappa shape index (κ1) is 9.77. The largest absolute Gasteiger partial charge is 0.142 e. The summed E-state index contributed by atoms with van der Waals surface area (Å²) in [5.74, 6) is 0.882. The number of hydrogen-bond donors (Lipinski definition) is 0. The van der Waals surface area contributed by atoms with E-state index >= 15 is 0 Å².